The molecule has 27 heavy (non-hydrogen) atoms. The predicted octanol–water partition coefficient (Wildman–Crippen LogP) is 5.82. The molecule has 4 bridgehead atoms. The third-order valence-corrected chi connectivity index (χ3v) is 7.92. The van der Waals surface area contributed by atoms with Crippen molar-refractivity contribution in [1.29, 1.82) is 5.26 Å². The van der Waals surface area contributed by atoms with Crippen LogP contribution in [0.25, 0.3) is 16.2 Å². The molecule has 0 saturated heterocycles. The predicted molar refractivity (Wildman–Crippen MR) is 110 cm³/mol. The van der Waals surface area contributed by atoms with E-state index in [4.69, 9.17) is 4.98 Å². The molecule has 5 heteroatoms. The number of imidazole rings is 1. The van der Waals surface area contributed by atoms with Crippen LogP contribution in [-0.4, -0.2) is 9.38 Å². The average molecular weight is 396 g/mol. The molecule has 3 aromatic rings. The van der Waals surface area contributed by atoms with Crippen LogP contribution in [0.2, 0.25) is 0 Å². The van der Waals surface area contributed by atoms with Crippen molar-refractivity contribution in [2.75, 3.05) is 0 Å². The maximum Gasteiger partial charge on any atom is 0.194 e. The molecular weight excluding hydrogens is 374 g/mol. The van der Waals surface area contributed by atoms with Crippen LogP contribution in [-0.2, 0) is 5.41 Å². The Morgan fingerprint density at radius 2 is 1.81 bits per heavy atom. The zero-order valence-electron chi connectivity index (χ0n) is 15.1. The smallest absolute Gasteiger partial charge is 0.194 e. The van der Waals surface area contributed by atoms with Gasteiger partial charge < -0.3 is 0 Å². The van der Waals surface area contributed by atoms with E-state index in [9.17, 15) is 5.26 Å². The summed E-state index contributed by atoms with van der Waals surface area (Å²) < 4.78 is 2.26. The van der Waals surface area contributed by atoms with E-state index in [1.54, 1.807) is 11.3 Å². The molecule has 0 atom stereocenters. The van der Waals surface area contributed by atoms with E-state index in [-0.39, 0.29) is 12.4 Å². The molecular formula is C22H22ClN3S. The number of hydrogen-bond acceptors (Lipinski definition) is 3. The molecule has 0 radical (unpaired) electrons. The number of thiazole rings is 1. The number of benzene rings is 1. The summed E-state index contributed by atoms with van der Waals surface area (Å²) in [7, 11) is 0. The Kier molecular flexibility index (Phi) is 3.90. The Labute approximate surface area is 169 Å². The highest BCUT2D eigenvalue weighted by atomic mass is 35.5. The fraction of sp³-hybridized carbons (Fsp3) is 0.455. The molecule has 1 aromatic carbocycles. The molecule has 138 valence electrons. The summed E-state index contributed by atoms with van der Waals surface area (Å²) in [5.74, 6) is 2.81. The second-order valence-electron chi connectivity index (χ2n) is 8.79. The van der Waals surface area contributed by atoms with E-state index < -0.39 is 0 Å². The first-order valence-corrected chi connectivity index (χ1v) is 10.6. The number of aromatic nitrogens is 2. The lowest BCUT2D eigenvalue weighted by Gasteiger charge is -2.56. The molecule has 0 spiro atoms. The van der Waals surface area contributed by atoms with Crippen molar-refractivity contribution < 1.29 is 0 Å². The van der Waals surface area contributed by atoms with Gasteiger partial charge in [-0.1, -0.05) is 12.1 Å². The van der Waals surface area contributed by atoms with Crippen molar-refractivity contribution in [2.45, 2.75) is 43.9 Å². The van der Waals surface area contributed by atoms with Crippen molar-refractivity contribution in [1.82, 2.24) is 9.38 Å². The lowest BCUT2D eigenvalue weighted by atomic mass is 9.49. The molecule has 4 aliphatic rings. The fourth-order valence-corrected chi connectivity index (χ4v) is 7.30. The summed E-state index contributed by atoms with van der Waals surface area (Å²) in [4.78, 5) is 6.20. The minimum atomic E-state index is 0. The summed E-state index contributed by atoms with van der Waals surface area (Å²) in [5, 5.41) is 11.4. The van der Waals surface area contributed by atoms with Crippen molar-refractivity contribution in [2.24, 2.45) is 17.8 Å². The largest absolute Gasteiger partial charge is 0.290 e. The highest BCUT2D eigenvalue weighted by Gasteiger charge is 2.52. The van der Waals surface area contributed by atoms with Crippen LogP contribution in [0.5, 0.6) is 0 Å². The summed E-state index contributed by atoms with van der Waals surface area (Å²) in [6.07, 6.45) is 10.8. The first kappa shape index (κ1) is 17.3. The maximum absolute atomic E-state index is 9.21. The second-order valence-corrected chi connectivity index (χ2v) is 9.63. The number of nitrogens with zero attached hydrogens (tertiary/aromatic N) is 3. The van der Waals surface area contributed by atoms with E-state index in [2.05, 4.69) is 28.1 Å². The van der Waals surface area contributed by atoms with Gasteiger partial charge in [0.2, 0.25) is 0 Å². The first-order chi connectivity index (χ1) is 12.7. The highest BCUT2D eigenvalue weighted by molar-refractivity contribution is 7.15. The third-order valence-electron chi connectivity index (χ3n) is 7.08. The summed E-state index contributed by atoms with van der Waals surface area (Å²) in [6.45, 7) is 0. The van der Waals surface area contributed by atoms with E-state index in [0.29, 0.717) is 11.0 Å². The molecule has 3 nitrogen and oxygen atoms in total. The number of fused-ring (bicyclic) bond motifs is 1. The zero-order valence-corrected chi connectivity index (χ0v) is 16.7. The van der Waals surface area contributed by atoms with Crippen LogP contribution >= 0.6 is 23.7 Å². The van der Waals surface area contributed by atoms with Gasteiger partial charge in [-0.2, -0.15) is 5.26 Å². The number of hydrogen-bond donors (Lipinski definition) is 0. The van der Waals surface area contributed by atoms with Gasteiger partial charge in [0.1, 0.15) is 0 Å². The van der Waals surface area contributed by atoms with Gasteiger partial charge in [0, 0.05) is 22.6 Å². The van der Waals surface area contributed by atoms with Gasteiger partial charge in [0.05, 0.1) is 23.0 Å². The third kappa shape index (κ3) is 2.56. The normalized spacial score (nSPS) is 31.0. The van der Waals surface area contributed by atoms with Crippen molar-refractivity contribution in [3.63, 3.8) is 0 Å². The molecule has 0 N–H and O–H groups in total. The Morgan fingerprint density at radius 1 is 1.11 bits per heavy atom. The first-order valence-electron chi connectivity index (χ1n) is 9.70. The zero-order chi connectivity index (χ0) is 17.3. The Balaban J connectivity index is 0.00000160. The number of rotatable bonds is 2. The Bertz CT molecular complexity index is 1020. The van der Waals surface area contributed by atoms with E-state index >= 15 is 0 Å². The second kappa shape index (κ2) is 6.09. The van der Waals surface area contributed by atoms with Crippen molar-refractivity contribution in [3.05, 3.63) is 47.1 Å². The molecule has 0 unspecified atom stereocenters. The summed E-state index contributed by atoms with van der Waals surface area (Å²) in [6, 6.07) is 10.1. The fourth-order valence-electron chi connectivity index (χ4n) is 6.42. The number of nitriles is 1. The van der Waals surface area contributed by atoms with Gasteiger partial charge >= 0.3 is 0 Å². The Morgan fingerprint density at radius 3 is 2.48 bits per heavy atom. The van der Waals surface area contributed by atoms with Gasteiger partial charge in [-0.15, -0.1) is 23.7 Å². The monoisotopic (exact) mass is 395 g/mol. The average Bonchev–Trinajstić information content (AvgIpc) is 3.21. The lowest BCUT2D eigenvalue weighted by molar-refractivity contribution is -0.00696. The molecule has 4 saturated carbocycles. The van der Waals surface area contributed by atoms with Crippen LogP contribution < -0.4 is 0 Å². The van der Waals surface area contributed by atoms with Crippen LogP contribution in [0.3, 0.4) is 0 Å². The summed E-state index contributed by atoms with van der Waals surface area (Å²) in [5.41, 5.74) is 4.64. The molecule has 0 amide bonds. The molecule has 0 aliphatic heterocycles. The molecule has 4 aliphatic carbocycles. The van der Waals surface area contributed by atoms with Crippen LogP contribution in [0.4, 0.5) is 0 Å². The maximum atomic E-state index is 9.21. The molecule has 2 aromatic heterocycles. The highest BCUT2D eigenvalue weighted by Crippen LogP contribution is 2.60. The minimum Gasteiger partial charge on any atom is -0.290 e. The van der Waals surface area contributed by atoms with Crippen LogP contribution in [0.15, 0.2) is 35.8 Å². The molecule has 4 fully saturated rings. The lowest BCUT2D eigenvalue weighted by Crippen LogP contribution is -2.48. The standard InChI is InChI=1S/C22H21N3S.ClH/c23-11-14-2-1-3-18(7-14)19-13-26-21-24-20(12-25(19)21)22-8-15-4-16(9-22)6-17(5-15)10-22;/h1-3,7,12-13,15-17H,4-6,8-10H2;1H. The van der Waals surface area contributed by atoms with Gasteiger partial charge in [0.15, 0.2) is 4.96 Å². The van der Waals surface area contributed by atoms with E-state index in [0.717, 1.165) is 34.0 Å². The van der Waals surface area contributed by atoms with E-state index in [1.807, 2.05) is 18.2 Å². The minimum absolute atomic E-state index is 0. The Hall–Kier alpha value is -1.83. The van der Waals surface area contributed by atoms with Crippen molar-refractivity contribution in [3.8, 4) is 17.3 Å². The summed E-state index contributed by atoms with van der Waals surface area (Å²) >= 11 is 1.72. The van der Waals surface area contributed by atoms with Crippen LogP contribution in [0.1, 0.15) is 49.8 Å². The topological polar surface area (TPSA) is 41.1 Å². The van der Waals surface area contributed by atoms with Crippen molar-refractivity contribution >= 4 is 28.7 Å². The van der Waals surface area contributed by atoms with Gasteiger partial charge in [-0.05, 0) is 68.4 Å². The van der Waals surface area contributed by atoms with Gasteiger partial charge in [-0.25, -0.2) is 4.98 Å². The van der Waals surface area contributed by atoms with Gasteiger partial charge in [0.25, 0.3) is 0 Å². The molecule has 2 heterocycles. The van der Waals surface area contributed by atoms with E-state index in [1.165, 1.54) is 44.2 Å². The SMILES string of the molecule is Cl.N#Cc1cccc(-c2csc3nc(C45CC6CC(CC(C6)C4)C5)cn23)c1. The van der Waals surface area contributed by atoms with Gasteiger partial charge in [-0.3, -0.25) is 4.40 Å². The number of halogens is 1. The molecule has 7 rings (SSSR count). The quantitative estimate of drug-likeness (QED) is 0.548. The van der Waals surface area contributed by atoms with Crippen LogP contribution in [0, 0.1) is 29.1 Å².